The molecule has 0 aliphatic heterocycles. The summed E-state index contributed by atoms with van der Waals surface area (Å²) in [6.45, 7) is -0.298. The van der Waals surface area contributed by atoms with Gasteiger partial charge in [0.15, 0.2) is 6.73 Å². The van der Waals surface area contributed by atoms with Gasteiger partial charge in [-0.25, -0.2) is 0 Å². The van der Waals surface area contributed by atoms with Crippen molar-refractivity contribution in [2.24, 2.45) is 0 Å². The lowest BCUT2D eigenvalue weighted by Gasteiger charge is -2.27. The van der Waals surface area contributed by atoms with Crippen LogP contribution >= 0.6 is 0 Å². The fourth-order valence-corrected chi connectivity index (χ4v) is 3.59. The molecule has 0 amide bonds. The van der Waals surface area contributed by atoms with E-state index in [1.165, 1.54) is 31.4 Å². The number of phenols is 2. The molecule has 1 aliphatic rings. The first-order chi connectivity index (χ1) is 14.4. The predicted molar refractivity (Wildman–Crippen MR) is 109 cm³/mol. The molecular formula is C22H18N2O6. The van der Waals surface area contributed by atoms with Crippen LogP contribution < -0.4 is 10.4 Å². The van der Waals surface area contributed by atoms with E-state index >= 15 is 0 Å². The largest absolute Gasteiger partial charge is 0.627 e. The second-order valence-corrected chi connectivity index (χ2v) is 6.77. The van der Waals surface area contributed by atoms with Crippen LogP contribution in [0.5, 0.6) is 11.5 Å². The third-order valence-electron chi connectivity index (χ3n) is 4.90. The number of ketones is 2. The van der Waals surface area contributed by atoms with Crippen LogP contribution in [0.3, 0.4) is 0 Å². The number of methoxy groups -OCH3 is 1. The summed E-state index contributed by atoms with van der Waals surface area (Å²) in [5.41, 5.74) is 0.136. The Morgan fingerprint density at radius 2 is 1.47 bits per heavy atom. The first-order valence-corrected chi connectivity index (χ1v) is 9.09. The number of nitrogens with one attached hydrogen (secondary N) is 2. The van der Waals surface area contributed by atoms with Crippen LogP contribution in [0.15, 0.2) is 54.6 Å². The maximum absolute atomic E-state index is 13.4. The topological polar surface area (TPSA) is 123 Å². The number of phenolic OH excluding ortho intramolecular Hbond substituents is 2. The first-order valence-electron chi connectivity index (χ1n) is 9.09. The summed E-state index contributed by atoms with van der Waals surface area (Å²) >= 11 is 0. The number of hydrogen-bond donors (Lipinski definition) is 4. The van der Waals surface area contributed by atoms with Crippen molar-refractivity contribution in [2.45, 2.75) is 0 Å². The molecule has 3 aromatic carbocycles. The Kier molecular flexibility index (Phi) is 4.96. The molecule has 0 aromatic heterocycles. The van der Waals surface area contributed by atoms with Gasteiger partial charge < -0.3 is 30.5 Å². The van der Waals surface area contributed by atoms with E-state index in [4.69, 9.17) is 4.74 Å². The zero-order valence-electron chi connectivity index (χ0n) is 15.9. The number of para-hydroxylation sites is 1. The standard InChI is InChI=1S/C22H18N2O6/c1-30-11-24(29)14-8-10-16(26)20-18(14)22(28)19-15(25)9-7-13(17(19)21(20)27)23-12-5-3-2-4-6-12/h2-10,23-26H,11H2,1H3. The molecule has 0 saturated carbocycles. The number of hydrogen-bond acceptors (Lipinski definition) is 7. The normalized spacial score (nSPS) is 13.5. The second kappa shape index (κ2) is 7.60. The summed E-state index contributed by atoms with van der Waals surface area (Å²) in [6.07, 6.45) is 0. The molecule has 0 heterocycles. The lowest BCUT2D eigenvalue weighted by atomic mass is 9.81. The Morgan fingerprint density at radius 1 is 0.867 bits per heavy atom. The molecule has 4 N–H and O–H groups in total. The number of anilines is 2. The number of quaternary nitrogens is 1. The molecule has 0 fully saturated rings. The van der Waals surface area contributed by atoms with Crippen LogP contribution in [0.25, 0.3) is 0 Å². The summed E-state index contributed by atoms with van der Waals surface area (Å²) in [6, 6.07) is 14.3. The number of carbonyl (C=O) groups is 2. The van der Waals surface area contributed by atoms with Gasteiger partial charge in [0.2, 0.25) is 11.6 Å². The van der Waals surface area contributed by atoms with Gasteiger partial charge in [0.25, 0.3) is 0 Å². The molecule has 1 aliphatic carbocycles. The fourth-order valence-electron chi connectivity index (χ4n) is 3.59. The zero-order chi connectivity index (χ0) is 21.4. The van der Waals surface area contributed by atoms with Crippen molar-refractivity contribution in [1.29, 1.82) is 0 Å². The molecule has 0 bridgehead atoms. The molecule has 30 heavy (non-hydrogen) atoms. The molecule has 8 heteroatoms. The number of benzene rings is 3. The van der Waals surface area contributed by atoms with Gasteiger partial charge >= 0.3 is 0 Å². The highest BCUT2D eigenvalue weighted by atomic mass is 16.6. The summed E-state index contributed by atoms with van der Waals surface area (Å²) < 4.78 is 4.85. The van der Waals surface area contributed by atoms with Crippen LogP contribution in [-0.2, 0) is 4.74 Å². The van der Waals surface area contributed by atoms with E-state index in [1.807, 2.05) is 6.07 Å². The smallest absolute Gasteiger partial charge is 0.204 e. The van der Waals surface area contributed by atoms with Gasteiger partial charge in [0.1, 0.15) is 17.2 Å². The summed E-state index contributed by atoms with van der Waals surface area (Å²) in [5, 5.41) is 35.7. The maximum atomic E-state index is 13.4. The van der Waals surface area contributed by atoms with Crippen LogP contribution in [0.2, 0.25) is 0 Å². The predicted octanol–water partition coefficient (Wildman–Crippen LogP) is 2.23. The molecule has 0 spiro atoms. The minimum atomic E-state index is -0.718. The van der Waals surface area contributed by atoms with Crippen LogP contribution in [0.4, 0.5) is 17.1 Å². The molecule has 1 atom stereocenters. The van der Waals surface area contributed by atoms with Crippen molar-refractivity contribution in [2.75, 3.05) is 19.2 Å². The average molecular weight is 406 g/mol. The van der Waals surface area contributed by atoms with E-state index < -0.39 is 22.4 Å². The Morgan fingerprint density at radius 3 is 2.13 bits per heavy atom. The lowest BCUT2D eigenvalue weighted by Crippen LogP contribution is -3.02. The summed E-state index contributed by atoms with van der Waals surface area (Å²) in [5.74, 6) is -2.19. The number of hydroxylamine groups is 1. The van der Waals surface area contributed by atoms with Gasteiger partial charge in [0, 0.05) is 18.9 Å². The van der Waals surface area contributed by atoms with Crippen LogP contribution in [-0.4, -0.2) is 35.6 Å². The highest BCUT2D eigenvalue weighted by Crippen LogP contribution is 2.42. The molecule has 152 valence electrons. The van der Waals surface area contributed by atoms with Crippen molar-refractivity contribution in [3.05, 3.63) is 82.1 Å². The fraction of sp³-hybridized carbons (Fsp3) is 0.0909. The highest BCUT2D eigenvalue weighted by Gasteiger charge is 2.39. The van der Waals surface area contributed by atoms with Crippen LogP contribution in [0.1, 0.15) is 31.8 Å². The van der Waals surface area contributed by atoms with Crippen molar-refractivity contribution < 1.29 is 29.6 Å². The van der Waals surface area contributed by atoms with Crippen molar-refractivity contribution >= 4 is 28.6 Å². The van der Waals surface area contributed by atoms with Gasteiger partial charge in [0.05, 0.1) is 27.9 Å². The minimum absolute atomic E-state index is 0.0468. The van der Waals surface area contributed by atoms with E-state index in [1.54, 1.807) is 24.3 Å². The van der Waals surface area contributed by atoms with Crippen molar-refractivity contribution in [3.63, 3.8) is 0 Å². The molecule has 3 aromatic rings. The van der Waals surface area contributed by atoms with Gasteiger partial charge in [-0.15, -0.1) is 0 Å². The third kappa shape index (κ3) is 3.09. The number of ether oxygens (including phenoxy) is 1. The van der Waals surface area contributed by atoms with Gasteiger partial charge in [-0.05, 0) is 30.3 Å². The third-order valence-corrected chi connectivity index (χ3v) is 4.90. The molecule has 4 rings (SSSR count). The molecule has 8 nitrogen and oxygen atoms in total. The van der Waals surface area contributed by atoms with Gasteiger partial charge in [-0.1, -0.05) is 18.2 Å². The SMILES string of the molecule is COC[NH+]([O-])c1ccc(O)c2c1C(=O)c1c(O)ccc(Nc3ccccc3)c1C2=O. The van der Waals surface area contributed by atoms with E-state index in [-0.39, 0.29) is 40.4 Å². The Balaban J connectivity index is 1.92. The van der Waals surface area contributed by atoms with Gasteiger partial charge in [-0.2, -0.15) is 0 Å². The summed E-state index contributed by atoms with van der Waals surface area (Å²) in [7, 11) is 1.33. The molecule has 0 saturated heterocycles. The number of fused-ring (bicyclic) bond motifs is 2. The van der Waals surface area contributed by atoms with E-state index in [0.29, 0.717) is 11.4 Å². The quantitative estimate of drug-likeness (QED) is 0.228. The van der Waals surface area contributed by atoms with E-state index in [2.05, 4.69) is 5.32 Å². The van der Waals surface area contributed by atoms with E-state index in [0.717, 1.165) is 0 Å². The van der Waals surface area contributed by atoms with Crippen molar-refractivity contribution in [3.8, 4) is 11.5 Å². The molecule has 1 unspecified atom stereocenters. The number of aromatic hydroxyl groups is 2. The highest BCUT2D eigenvalue weighted by molar-refractivity contribution is 6.33. The number of rotatable bonds is 5. The van der Waals surface area contributed by atoms with E-state index in [9.17, 15) is 25.0 Å². The first kappa shape index (κ1) is 19.6. The Labute approximate surface area is 171 Å². The Bertz CT molecular complexity index is 1160. The van der Waals surface area contributed by atoms with Crippen LogP contribution in [0, 0.1) is 5.21 Å². The summed E-state index contributed by atoms with van der Waals surface area (Å²) in [4.78, 5) is 26.7. The zero-order valence-corrected chi connectivity index (χ0v) is 15.9. The van der Waals surface area contributed by atoms with Gasteiger partial charge in [-0.3, -0.25) is 9.59 Å². The molecule has 0 radical (unpaired) electrons. The Hall–Kier alpha value is -3.72. The second-order valence-electron chi connectivity index (χ2n) is 6.77. The van der Waals surface area contributed by atoms with Crippen molar-refractivity contribution in [1.82, 2.24) is 0 Å². The average Bonchev–Trinajstić information content (AvgIpc) is 2.73. The minimum Gasteiger partial charge on any atom is -0.627 e. The number of carbonyl (C=O) groups excluding carboxylic acids is 2. The molecular weight excluding hydrogens is 388 g/mol. The lowest BCUT2D eigenvalue weighted by molar-refractivity contribution is -0.801. The monoisotopic (exact) mass is 406 g/mol. The maximum Gasteiger partial charge on any atom is 0.204 e.